The number of ether oxygens (including phenoxy) is 1. The van der Waals surface area contributed by atoms with E-state index in [4.69, 9.17) is 4.74 Å². The van der Waals surface area contributed by atoms with E-state index in [2.05, 4.69) is 28.9 Å². The van der Waals surface area contributed by atoms with Crippen molar-refractivity contribution in [2.75, 3.05) is 56.3 Å². The van der Waals surface area contributed by atoms with Crippen LogP contribution in [0.5, 0.6) is 0 Å². The van der Waals surface area contributed by atoms with Gasteiger partial charge in [0.05, 0.1) is 34.7 Å². The van der Waals surface area contributed by atoms with Gasteiger partial charge in [-0.2, -0.15) is 0 Å². The molecule has 0 radical (unpaired) electrons. The summed E-state index contributed by atoms with van der Waals surface area (Å²) in [5.74, 6) is 0.984. The number of benzene rings is 2. The molecule has 1 aliphatic heterocycles. The van der Waals surface area contributed by atoms with Crippen LogP contribution in [0.15, 0.2) is 52.3 Å². The summed E-state index contributed by atoms with van der Waals surface area (Å²) < 4.78 is 30.1. The number of carbonyl (C=O) groups is 1. The van der Waals surface area contributed by atoms with Crippen molar-refractivity contribution in [2.45, 2.75) is 23.1 Å². The predicted molar refractivity (Wildman–Crippen MR) is 146 cm³/mol. The molecule has 190 valence electrons. The Balaban J connectivity index is 0.00000342. The molecule has 0 spiro atoms. The lowest BCUT2D eigenvalue weighted by atomic mass is 10.1. The summed E-state index contributed by atoms with van der Waals surface area (Å²) in [7, 11) is -3.32. The molecule has 3 aromatic rings. The number of thioether (sulfide) groups is 1. The van der Waals surface area contributed by atoms with Gasteiger partial charge in [0.15, 0.2) is 15.0 Å². The third-order valence-corrected chi connectivity index (χ3v) is 8.69. The summed E-state index contributed by atoms with van der Waals surface area (Å²) >= 11 is 3.13. The van der Waals surface area contributed by atoms with Gasteiger partial charge in [-0.1, -0.05) is 30.4 Å². The number of aromatic nitrogens is 1. The molecule has 0 atom stereocenters. The zero-order valence-corrected chi connectivity index (χ0v) is 23.1. The Labute approximate surface area is 221 Å². The number of hydrogen-bond donors (Lipinski definition) is 0. The van der Waals surface area contributed by atoms with Gasteiger partial charge in [-0.25, -0.2) is 13.4 Å². The van der Waals surface area contributed by atoms with E-state index in [1.165, 1.54) is 22.5 Å². The fraction of sp³-hybridized carbons (Fsp3) is 0.417. The smallest absolute Gasteiger partial charge is 0.233 e. The highest BCUT2D eigenvalue weighted by atomic mass is 35.5. The molecule has 11 heteroatoms. The summed E-state index contributed by atoms with van der Waals surface area (Å²) in [6, 6.07) is 13.0. The fourth-order valence-corrected chi connectivity index (χ4v) is 6.20. The van der Waals surface area contributed by atoms with Crippen molar-refractivity contribution < 1.29 is 17.9 Å². The molecule has 1 saturated heterocycles. The van der Waals surface area contributed by atoms with Crippen LogP contribution in [0.4, 0.5) is 5.13 Å². The molecular weight excluding hydrogens is 526 g/mol. The van der Waals surface area contributed by atoms with E-state index in [9.17, 15) is 13.2 Å². The van der Waals surface area contributed by atoms with Crippen LogP contribution in [0.25, 0.3) is 10.2 Å². The molecule has 0 aliphatic carbocycles. The number of hydrogen-bond acceptors (Lipinski definition) is 8. The summed E-state index contributed by atoms with van der Waals surface area (Å²) in [4.78, 5) is 23.6. The van der Waals surface area contributed by atoms with E-state index in [1.54, 1.807) is 34.9 Å². The van der Waals surface area contributed by atoms with Gasteiger partial charge in [0.1, 0.15) is 0 Å². The van der Waals surface area contributed by atoms with Gasteiger partial charge in [-0.3, -0.25) is 14.6 Å². The van der Waals surface area contributed by atoms with Crippen LogP contribution in [-0.2, 0) is 25.8 Å². The van der Waals surface area contributed by atoms with Gasteiger partial charge in [0.2, 0.25) is 5.91 Å². The van der Waals surface area contributed by atoms with Gasteiger partial charge in [0, 0.05) is 37.3 Å². The number of fused-ring (bicyclic) bond motifs is 1. The predicted octanol–water partition coefficient (Wildman–Crippen LogP) is 4.14. The number of thiazole rings is 1. The quantitative estimate of drug-likeness (QED) is 0.367. The lowest BCUT2D eigenvalue weighted by molar-refractivity contribution is -0.118. The molecule has 35 heavy (non-hydrogen) atoms. The Morgan fingerprint density at radius 2 is 1.89 bits per heavy atom. The first-order valence-corrected chi connectivity index (χ1v) is 15.0. The lowest BCUT2D eigenvalue weighted by Crippen LogP contribution is -2.43. The molecule has 1 aliphatic rings. The fourth-order valence-electron chi connectivity index (χ4n) is 3.77. The van der Waals surface area contributed by atoms with Crippen molar-refractivity contribution in [3.8, 4) is 0 Å². The molecular formula is C24H30ClN3O4S3. The molecule has 1 aromatic heterocycles. The zero-order valence-electron chi connectivity index (χ0n) is 19.8. The van der Waals surface area contributed by atoms with Crippen molar-refractivity contribution in [2.24, 2.45) is 0 Å². The lowest BCUT2D eigenvalue weighted by Gasteiger charge is -2.29. The highest BCUT2D eigenvalue weighted by Gasteiger charge is 2.22. The molecule has 4 rings (SSSR count). The maximum absolute atomic E-state index is 13.4. The Morgan fingerprint density at radius 1 is 1.17 bits per heavy atom. The first-order chi connectivity index (χ1) is 16.3. The van der Waals surface area contributed by atoms with E-state index in [0.29, 0.717) is 30.4 Å². The third kappa shape index (κ3) is 7.41. The van der Waals surface area contributed by atoms with E-state index in [-0.39, 0.29) is 29.6 Å². The molecule has 0 unspecified atom stereocenters. The second-order valence-electron chi connectivity index (χ2n) is 8.15. The third-order valence-electron chi connectivity index (χ3n) is 5.64. The maximum Gasteiger partial charge on any atom is 0.233 e. The Bertz CT molecular complexity index is 1240. The normalized spacial score (nSPS) is 14.6. The van der Waals surface area contributed by atoms with Crippen LogP contribution in [0.1, 0.15) is 12.5 Å². The standard InChI is InChI=1S/C24H29N3O4S3.ClH/c1-3-32-19-6-4-18(5-7-19)16-23(28)27(11-10-26-12-14-31-15-13-26)24-25-21-9-8-20(34(2,29)30)17-22(21)33-24;/h4-9,17H,3,10-16H2,1-2H3;1H. The van der Waals surface area contributed by atoms with Gasteiger partial charge in [0.25, 0.3) is 0 Å². The van der Waals surface area contributed by atoms with Gasteiger partial charge < -0.3 is 4.74 Å². The average molecular weight is 556 g/mol. The molecule has 2 heterocycles. The van der Waals surface area contributed by atoms with E-state index < -0.39 is 9.84 Å². The van der Waals surface area contributed by atoms with E-state index >= 15 is 0 Å². The minimum Gasteiger partial charge on any atom is -0.379 e. The Hall–Kier alpha value is -1.69. The number of rotatable bonds is 9. The zero-order chi connectivity index (χ0) is 24.1. The van der Waals surface area contributed by atoms with Crippen LogP contribution in [0.2, 0.25) is 0 Å². The van der Waals surface area contributed by atoms with Crippen molar-refractivity contribution in [1.29, 1.82) is 0 Å². The van der Waals surface area contributed by atoms with Crippen LogP contribution in [0, 0.1) is 0 Å². The topological polar surface area (TPSA) is 79.8 Å². The van der Waals surface area contributed by atoms with Crippen molar-refractivity contribution in [3.63, 3.8) is 0 Å². The number of halogens is 1. The average Bonchev–Trinajstić information content (AvgIpc) is 3.24. The number of amides is 1. The van der Waals surface area contributed by atoms with Crippen LogP contribution in [0.3, 0.4) is 0 Å². The summed E-state index contributed by atoms with van der Waals surface area (Å²) in [5, 5.41) is 0.595. The number of anilines is 1. The maximum atomic E-state index is 13.4. The molecule has 1 fully saturated rings. The first-order valence-electron chi connectivity index (χ1n) is 11.3. The largest absolute Gasteiger partial charge is 0.379 e. The van der Waals surface area contributed by atoms with Gasteiger partial charge in [-0.15, -0.1) is 24.2 Å². The Morgan fingerprint density at radius 3 is 2.54 bits per heavy atom. The molecule has 0 saturated carbocycles. The van der Waals surface area contributed by atoms with Gasteiger partial charge >= 0.3 is 0 Å². The summed E-state index contributed by atoms with van der Waals surface area (Å²) in [5.41, 5.74) is 1.65. The SMILES string of the molecule is CCSc1ccc(CC(=O)N(CCN2CCOCC2)c2nc3ccc(S(C)(=O)=O)cc3s2)cc1.Cl. The highest BCUT2D eigenvalue weighted by molar-refractivity contribution is 7.99. The monoisotopic (exact) mass is 555 g/mol. The molecule has 0 N–H and O–H groups in total. The first kappa shape index (κ1) is 27.9. The summed E-state index contributed by atoms with van der Waals surface area (Å²) in [6.07, 6.45) is 1.48. The second-order valence-corrected chi connectivity index (χ2v) is 12.5. The molecule has 0 bridgehead atoms. The highest BCUT2D eigenvalue weighted by Crippen LogP contribution is 2.31. The molecule has 2 aromatic carbocycles. The molecule has 1 amide bonds. The Kier molecular flexibility index (Phi) is 9.97. The minimum atomic E-state index is -3.32. The summed E-state index contributed by atoms with van der Waals surface area (Å²) in [6.45, 7) is 6.45. The van der Waals surface area contributed by atoms with Crippen LogP contribution < -0.4 is 4.90 Å². The van der Waals surface area contributed by atoms with E-state index in [1.807, 2.05) is 12.1 Å². The van der Waals surface area contributed by atoms with Gasteiger partial charge in [-0.05, 0) is 41.6 Å². The van der Waals surface area contributed by atoms with Crippen molar-refractivity contribution in [1.82, 2.24) is 9.88 Å². The van der Waals surface area contributed by atoms with Crippen LogP contribution >= 0.6 is 35.5 Å². The number of morpholine rings is 1. The number of nitrogens with zero attached hydrogens (tertiary/aromatic N) is 3. The van der Waals surface area contributed by atoms with E-state index in [0.717, 1.165) is 35.7 Å². The second kappa shape index (κ2) is 12.5. The minimum absolute atomic E-state index is 0. The molecule has 7 nitrogen and oxygen atoms in total. The van der Waals surface area contributed by atoms with Crippen molar-refractivity contribution in [3.05, 3.63) is 48.0 Å². The number of carbonyl (C=O) groups excluding carboxylic acids is 1. The van der Waals surface area contributed by atoms with Crippen molar-refractivity contribution >= 4 is 66.6 Å². The number of sulfone groups is 1. The van der Waals surface area contributed by atoms with Crippen LogP contribution in [-0.4, -0.2) is 75.6 Å².